The van der Waals surface area contributed by atoms with Crippen LogP contribution in [0.1, 0.15) is 354 Å². The van der Waals surface area contributed by atoms with Crippen molar-refractivity contribution in [3.05, 3.63) is 48.6 Å². The van der Waals surface area contributed by atoms with E-state index in [-0.39, 0.29) is 18.5 Å². The molecule has 0 aromatic carbocycles. The van der Waals surface area contributed by atoms with Crippen molar-refractivity contribution >= 4 is 11.9 Å². The number of aliphatic hydroxyl groups is 2. The molecule has 0 aromatic rings. The average molecular weight is 1050 g/mol. The third-order valence-corrected chi connectivity index (χ3v) is 15.3. The molecule has 0 aliphatic carbocycles. The van der Waals surface area contributed by atoms with E-state index < -0.39 is 12.1 Å². The van der Waals surface area contributed by atoms with Crippen LogP contribution in [0.25, 0.3) is 0 Å². The fourth-order valence-corrected chi connectivity index (χ4v) is 10.2. The number of ether oxygens (including phenoxy) is 1. The van der Waals surface area contributed by atoms with Crippen molar-refractivity contribution < 1.29 is 24.5 Å². The first-order valence-electron chi connectivity index (χ1n) is 33.4. The number of amides is 1. The van der Waals surface area contributed by atoms with Gasteiger partial charge >= 0.3 is 5.97 Å². The Hall–Kier alpha value is -2.18. The summed E-state index contributed by atoms with van der Waals surface area (Å²) in [6.07, 6.45) is 83.3. The Morgan fingerprint density at radius 1 is 0.373 bits per heavy atom. The van der Waals surface area contributed by atoms with Gasteiger partial charge in [0.2, 0.25) is 5.91 Å². The average Bonchev–Trinajstić information content (AvgIpc) is 3.41. The molecule has 0 spiro atoms. The summed E-state index contributed by atoms with van der Waals surface area (Å²) in [5.41, 5.74) is 0. The standard InChI is InChI=1S/C69H129NO5/c1-3-5-7-9-11-13-15-42-45-49-53-57-61-67(72)66(65-71)70-68(73)62-58-54-50-46-43-39-37-35-33-31-29-27-25-23-21-19-17-16-18-20-22-24-26-28-30-32-34-36-38-40-44-48-52-56-60-64-75-69(74)63-59-55-51-47-41-14-12-10-8-6-4-2/h10,12,18,20,24,26,57,61,66-67,71-72H,3-9,11,13-17,19,21-23,25,27-56,58-60,62-65H2,1-2H3,(H,70,73)/b12-10-,20-18-,26-24-,61-57+. The molecule has 0 rings (SSSR count). The third-order valence-electron chi connectivity index (χ3n) is 15.3. The second kappa shape index (κ2) is 64.3. The van der Waals surface area contributed by atoms with Crippen LogP contribution in [0.4, 0.5) is 0 Å². The predicted octanol–water partition coefficient (Wildman–Crippen LogP) is 21.3. The van der Waals surface area contributed by atoms with E-state index in [1.165, 1.54) is 276 Å². The largest absolute Gasteiger partial charge is 0.466 e. The third kappa shape index (κ3) is 60.9. The van der Waals surface area contributed by atoms with E-state index in [1.54, 1.807) is 6.08 Å². The number of unbranched alkanes of at least 4 members (excludes halogenated alkanes) is 45. The van der Waals surface area contributed by atoms with E-state index in [1.807, 2.05) is 6.08 Å². The highest BCUT2D eigenvalue weighted by atomic mass is 16.5. The van der Waals surface area contributed by atoms with Crippen molar-refractivity contribution in [3.8, 4) is 0 Å². The Morgan fingerprint density at radius 2 is 0.680 bits per heavy atom. The van der Waals surface area contributed by atoms with Gasteiger partial charge in [-0.2, -0.15) is 0 Å². The number of esters is 1. The number of rotatable bonds is 62. The molecule has 6 nitrogen and oxygen atoms in total. The van der Waals surface area contributed by atoms with Crippen LogP contribution in [0.5, 0.6) is 0 Å². The van der Waals surface area contributed by atoms with Crippen molar-refractivity contribution in [2.24, 2.45) is 0 Å². The number of aliphatic hydroxyl groups excluding tert-OH is 2. The molecule has 440 valence electrons. The molecule has 6 heteroatoms. The Morgan fingerprint density at radius 3 is 1.07 bits per heavy atom. The van der Waals surface area contributed by atoms with Crippen molar-refractivity contribution in [2.75, 3.05) is 13.2 Å². The highest BCUT2D eigenvalue weighted by Gasteiger charge is 2.18. The maximum absolute atomic E-state index is 12.4. The lowest BCUT2D eigenvalue weighted by Crippen LogP contribution is -2.45. The van der Waals surface area contributed by atoms with Crippen LogP contribution in [-0.4, -0.2) is 47.4 Å². The Balaban J connectivity index is 3.38. The summed E-state index contributed by atoms with van der Waals surface area (Å²) in [7, 11) is 0. The monoisotopic (exact) mass is 1050 g/mol. The normalized spacial score (nSPS) is 12.9. The molecule has 0 heterocycles. The Bertz CT molecular complexity index is 1260. The zero-order valence-corrected chi connectivity index (χ0v) is 50.3. The van der Waals surface area contributed by atoms with E-state index in [0.29, 0.717) is 19.4 Å². The number of allylic oxidation sites excluding steroid dienone is 7. The van der Waals surface area contributed by atoms with Gasteiger partial charge in [-0.05, 0) is 83.5 Å². The quantitative estimate of drug-likeness (QED) is 0.0320. The molecular formula is C69H129NO5. The van der Waals surface area contributed by atoms with Crippen molar-refractivity contribution in [1.82, 2.24) is 5.32 Å². The SMILES string of the molecule is CCCC/C=C\CCCCCCCC(=O)OCCCCCCCCCCCCC/C=C\C/C=C\CCCCCCCCCCCCCCCCCCCC(=O)NC(CO)C(O)/C=C/CCCCCCCCCCCC. The van der Waals surface area contributed by atoms with E-state index in [0.717, 1.165) is 51.4 Å². The first-order valence-corrected chi connectivity index (χ1v) is 33.4. The zero-order chi connectivity index (χ0) is 54.3. The maximum Gasteiger partial charge on any atom is 0.305 e. The van der Waals surface area contributed by atoms with E-state index in [9.17, 15) is 19.8 Å². The zero-order valence-electron chi connectivity index (χ0n) is 50.3. The lowest BCUT2D eigenvalue weighted by atomic mass is 10.0. The van der Waals surface area contributed by atoms with E-state index in [2.05, 4.69) is 55.6 Å². The summed E-state index contributed by atoms with van der Waals surface area (Å²) in [6, 6.07) is -0.625. The fraction of sp³-hybridized carbons (Fsp3) is 0.855. The first-order chi connectivity index (χ1) is 37.0. The lowest BCUT2D eigenvalue weighted by Gasteiger charge is -2.20. The second-order valence-electron chi connectivity index (χ2n) is 22.8. The fourth-order valence-electron chi connectivity index (χ4n) is 10.2. The smallest absolute Gasteiger partial charge is 0.305 e. The van der Waals surface area contributed by atoms with Crippen LogP contribution >= 0.6 is 0 Å². The Kier molecular flexibility index (Phi) is 62.5. The molecule has 75 heavy (non-hydrogen) atoms. The van der Waals surface area contributed by atoms with E-state index in [4.69, 9.17) is 4.74 Å². The molecule has 2 unspecified atom stereocenters. The summed E-state index contributed by atoms with van der Waals surface area (Å²) >= 11 is 0. The Labute approximate surface area is 467 Å². The summed E-state index contributed by atoms with van der Waals surface area (Å²) < 4.78 is 5.46. The van der Waals surface area contributed by atoms with Gasteiger partial charge in [-0.15, -0.1) is 0 Å². The van der Waals surface area contributed by atoms with Gasteiger partial charge in [0, 0.05) is 12.8 Å². The first kappa shape index (κ1) is 72.8. The predicted molar refractivity (Wildman–Crippen MR) is 329 cm³/mol. The van der Waals surface area contributed by atoms with Crippen molar-refractivity contribution in [1.29, 1.82) is 0 Å². The molecule has 0 saturated heterocycles. The molecule has 0 saturated carbocycles. The van der Waals surface area contributed by atoms with Crippen LogP contribution in [-0.2, 0) is 14.3 Å². The van der Waals surface area contributed by atoms with Crippen LogP contribution in [0.15, 0.2) is 48.6 Å². The van der Waals surface area contributed by atoms with E-state index >= 15 is 0 Å². The maximum atomic E-state index is 12.4. The number of carbonyl (C=O) groups excluding carboxylic acids is 2. The molecule has 3 N–H and O–H groups in total. The molecule has 0 bridgehead atoms. The van der Waals surface area contributed by atoms with Crippen LogP contribution < -0.4 is 5.32 Å². The van der Waals surface area contributed by atoms with Crippen LogP contribution in [0, 0.1) is 0 Å². The molecule has 0 aliphatic rings. The lowest BCUT2D eigenvalue weighted by molar-refractivity contribution is -0.143. The minimum absolute atomic E-state index is 0.00515. The number of nitrogens with one attached hydrogen (secondary N) is 1. The molecule has 1 amide bonds. The highest BCUT2D eigenvalue weighted by Crippen LogP contribution is 2.17. The number of hydrogen-bond donors (Lipinski definition) is 3. The minimum atomic E-state index is -0.842. The molecule has 0 radical (unpaired) electrons. The van der Waals surface area contributed by atoms with Gasteiger partial charge in [0.15, 0.2) is 0 Å². The van der Waals surface area contributed by atoms with Gasteiger partial charge < -0.3 is 20.3 Å². The van der Waals surface area contributed by atoms with Gasteiger partial charge in [-0.3, -0.25) is 9.59 Å². The molecule has 2 atom stereocenters. The summed E-state index contributed by atoms with van der Waals surface area (Å²) in [6.45, 7) is 4.87. The molecule has 0 fully saturated rings. The summed E-state index contributed by atoms with van der Waals surface area (Å²) in [5.74, 6) is -0.0604. The van der Waals surface area contributed by atoms with Gasteiger partial charge in [0.25, 0.3) is 0 Å². The number of hydrogen-bond acceptors (Lipinski definition) is 5. The highest BCUT2D eigenvalue weighted by molar-refractivity contribution is 5.76. The van der Waals surface area contributed by atoms with Gasteiger partial charge in [0.1, 0.15) is 0 Å². The molecular weight excluding hydrogens is 923 g/mol. The van der Waals surface area contributed by atoms with Gasteiger partial charge in [-0.25, -0.2) is 0 Å². The van der Waals surface area contributed by atoms with Gasteiger partial charge in [-0.1, -0.05) is 306 Å². The minimum Gasteiger partial charge on any atom is -0.466 e. The molecule has 0 aromatic heterocycles. The van der Waals surface area contributed by atoms with Crippen molar-refractivity contribution in [2.45, 2.75) is 366 Å². The van der Waals surface area contributed by atoms with Crippen LogP contribution in [0.2, 0.25) is 0 Å². The summed E-state index contributed by atoms with van der Waals surface area (Å²) in [4.78, 5) is 24.4. The van der Waals surface area contributed by atoms with Crippen molar-refractivity contribution in [3.63, 3.8) is 0 Å². The van der Waals surface area contributed by atoms with Crippen LogP contribution in [0.3, 0.4) is 0 Å². The summed E-state index contributed by atoms with van der Waals surface area (Å²) in [5, 5.41) is 23.1. The number of carbonyl (C=O) groups is 2. The topological polar surface area (TPSA) is 95.9 Å². The molecule has 0 aliphatic heterocycles. The van der Waals surface area contributed by atoms with Gasteiger partial charge in [0.05, 0.1) is 25.4 Å². The second-order valence-corrected chi connectivity index (χ2v) is 22.8.